The van der Waals surface area contributed by atoms with Crippen molar-refractivity contribution in [3.05, 3.63) is 0 Å². The second-order valence-corrected chi connectivity index (χ2v) is 10.6. The zero-order chi connectivity index (χ0) is 30.8. The van der Waals surface area contributed by atoms with Gasteiger partial charge in [-0.25, -0.2) is 0 Å². The summed E-state index contributed by atoms with van der Waals surface area (Å²) < 4.78 is 34.1. The molecule has 3 fully saturated rings. The molecule has 0 saturated carbocycles. The summed E-state index contributed by atoms with van der Waals surface area (Å²) in [5.41, 5.74) is 5.44. The van der Waals surface area contributed by atoms with Crippen molar-refractivity contribution in [3.63, 3.8) is 0 Å². The van der Waals surface area contributed by atoms with Crippen molar-refractivity contribution in [1.29, 1.82) is 0 Å². The van der Waals surface area contributed by atoms with Crippen LogP contribution < -0.4 is 11.1 Å². The fourth-order valence-corrected chi connectivity index (χ4v) is 4.93. The third-order valence-corrected chi connectivity index (χ3v) is 7.38. The van der Waals surface area contributed by atoms with Crippen LogP contribution in [0.1, 0.15) is 32.1 Å². The van der Waals surface area contributed by atoms with Crippen LogP contribution >= 0.6 is 0 Å². The lowest BCUT2D eigenvalue weighted by Gasteiger charge is -2.43. The number of ether oxygens (including phenoxy) is 6. The zero-order valence-corrected chi connectivity index (χ0v) is 23.3. The van der Waals surface area contributed by atoms with Crippen molar-refractivity contribution in [2.24, 2.45) is 5.73 Å². The minimum Gasteiger partial charge on any atom is -0.394 e. The standard InChI is InChI=1S/C25H46N2O15/c26-4-2-1-3-16(30)27-5-6-37-17-8-12(40-25-23(36)21(34)19(32)15(10-29)42-25)7-13(39-17)11-38-24-22(35)20(33)18(31)14(9-28)41-24/h12-15,17-25,28-29,31-36H,1-11,26H2,(H,27,30)/t12?,13?,14?,15?,17?,18-,19-,20?,21?,22?,23?,24+,25+/m1/s1. The molecule has 42 heavy (non-hydrogen) atoms. The molecule has 0 aromatic heterocycles. The number of aliphatic hydroxyl groups is 8. The van der Waals surface area contributed by atoms with E-state index in [-0.39, 0.29) is 38.5 Å². The van der Waals surface area contributed by atoms with Gasteiger partial charge in [0, 0.05) is 25.8 Å². The highest BCUT2D eigenvalue weighted by atomic mass is 16.7. The van der Waals surface area contributed by atoms with Gasteiger partial charge in [-0.3, -0.25) is 4.79 Å². The number of unbranched alkanes of at least 4 members (excludes halogenated alkanes) is 1. The predicted molar refractivity (Wildman–Crippen MR) is 138 cm³/mol. The SMILES string of the molecule is NCCCCC(=O)NCCOC1CC(O[C@H]2OC(CO)[C@@H](O)C(O)C2O)CC(CO[C@H]2OC(CO)[C@@H](O)C(O)C2O)O1. The quantitative estimate of drug-likeness (QED) is 0.0772. The number of hydrogen-bond acceptors (Lipinski definition) is 16. The van der Waals surface area contributed by atoms with Gasteiger partial charge in [-0.05, 0) is 19.4 Å². The van der Waals surface area contributed by atoms with Crippen LogP contribution in [0.2, 0.25) is 0 Å². The molecular formula is C25H46N2O15. The Kier molecular flexibility index (Phi) is 14.6. The van der Waals surface area contributed by atoms with E-state index >= 15 is 0 Å². The topological polar surface area (TPSA) is 272 Å². The highest BCUT2D eigenvalue weighted by Crippen LogP contribution is 2.30. The summed E-state index contributed by atoms with van der Waals surface area (Å²) in [6.07, 6.45) is -15.1. The molecule has 1 amide bonds. The molecule has 11 N–H and O–H groups in total. The molecule has 0 radical (unpaired) electrons. The number of aliphatic hydroxyl groups excluding tert-OH is 8. The van der Waals surface area contributed by atoms with E-state index in [9.17, 15) is 45.6 Å². The first kappa shape index (κ1) is 35.4. The first-order chi connectivity index (χ1) is 20.1. The molecule has 0 spiro atoms. The first-order valence-corrected chi connectivity index (χ1v) is 14.2. The summed E-state index contributed by atoms with van der Waals surface area (Å²) >= 11 is 0. The smallest absolute Gasteiger partial charge is 0.220 e. The van der Waals surface area contributed by atoms with Crippen LogP contribution in [0.3, 0.4) is 0 Å². The van der Waals surface area contributed by atoms with Gasteiger partial charge in [-0.2, -0.15) is 0 Å². The summed E-state index contributed by atoms with van der Waals surface area (Å²) in [5.74, 6) is -0.147. The molecule has 9 unspecified atom stereocenters. The lowest BCUT2D eigenvalue weighted by Crippen LogP contribution is -2.60. The van der Waals surface area contributed by atoms with E-state index in [1.54, 1.807) is 0 Å². The third-order valence-electron chi connectivity index (χ3n) is 7.38. The van der Waals surface area contributed by atoms with Crippen molar-refractivity contribution in [2.75, 3.05) is 39.5 Å². The second kappa shape index (κ2) is 17.4. The van der Waals surface area contributed by atoms with Gasteiger partial charge in [0.1, 0.15) is 48.8 Å². The number of nitrogens with two attached hydrogens (primary N) is 1. The number of carbonyl (C=O) groups excluding carboxylic acids is 1. The van der Waals surface area contributed by atoms with E-state index in [1.807, 2.05) is 0 Å². The van der Waals surface area contributed by atoms with Crippen LogP contribution in [0.4, 0.5) is 0 Å². The Morgan fingerprint density at radius 2 is 1.40 bits per heavy atom. The van der Waals surface area contributed by atoms with Gasteiger partial charge in [-0.15, -0.1) is 0 Å². The van der Waals surface area contributed by atoms with Crippen molar-refractivity contribution in [2.45, 2.75) is 112 Å². The average Bonchev–Trinajstić information content (AvgIpc) is 2.98. The molecule has 3 saturated heterocycles. The van der Waals surface area contributed by atoms with Crippen LogP contribution in [0.5, 0.6) is 0 Å². The van der Waals surface area contributed by atoms with Gasteiger partial charge >= 0.3 is 0 Å². The molecule has 0 aromatic carbocycles. The number of carbonyl (C=O) groups is 1. The predicted octanol–water partition coefficient (Wildman–Crippen LogP) is -5.25. The van der Waals surface area contributed by atoms with E-state index in [0.717, 1.165) is 6.42 Å². The molecular weight excluding hydrogens is 568 g/mol. The largest absolute Gasteiger partial charge is 0.394 e. The monoisotopic (exact) mass is 614 g/mol. The van der Waals surface area contributed by atoms with Crippen LogP contribution in [0.15, 0.2) is 0 Å². The maximum absolute atomic E-state index is 11.9. The Hall–Kier alpha value is -1.13. The Morgan fingerprint density at radius 1 is 0.786 bits per heavy atom. The Labute approximate surface area is 243 Å². The van der Waals surface area contributed by atoms with E-state index in [1.165, 1.54) is 0 Å². The normalized spacial score (nSPS) is 41.0. The summed E-state index contributed by atoms with van der Waals surface area (Å²) in [7, 11) is 0. The molecule has 13 atom stereocenters. The minimum atomic E-state index is -1.63. The molecule has 17 heteroatoms. The molecule has 3 aliphatic heterocycles. The van der Waals surface area contributed by atoms with Crippen LogP contribution in [-0.4, -0.2) is 166 Å². The third kappa shape index (κ3) is 9.68. The molecule has 0 aliphatic carbocycles. The van der Waals surface area contributed by atoms with Crippen molar-refractivity contribution in [3.8, 4) is 0 Å². The molecule has 0 bridgehead atoms. The van der Waals surface area contributed by atoms with Gasteiger partial charge < -0.3 is 80.3 Å². The van der Waals surface area contributed by atoms with Gasteiger partial charge in [-0.1, -0.05) is 0 Å². The summed E-state index contributed by atoms with van der Waals surface area (Å²) in [6.45, 7) is -0.680. The van der Waals surface area contributed by atoms with Crippen molar-refractivity contribution >= 4 is 5.91 Å². The minimum absolute atomic E-state index is 0.0837. The van der Waals surface area contributed by atoms with E-state index in [4.69, 9.17) is 34.2 Å². The highest BCUT2D eigenvalue weighted by molar-refractivity contribution is 5.75. The summed E-state index contributed by atoms with van der Waals surface area (Å²) in [4.78, 5) is 11.9. The van der Waals surface area contributed by atoms with Crippen LogP contribution in [0.25, 0.3) is 0 Å². The molecule has 3 rings (SSSR count). The van der Waals surface area contributed by atoms with Crippen molar-refractivity contribution in [1.82, 2.24) is 5.32 Å². The van der Waals surface area contributed by atoms with Crippen LogP contribution in [-0.2, 0) is 33.2 Å². The van der Waals surface area contributed by atoms with E-state index in [0.29, 0.717) is 19.4 Å². The van der Waals surface area contributed by atoms with Crippen LogP contribution in [0, 0.1) is 0 Å². The molecule has 246 valence electrons. The molecule has 17 nitrogen and oxygen atoms in total. The number of amides is 1. The Balaban J connectivity index is 1.59. The van der Waals surface area contributed by atoms with E-state index in [2.05, 4.69) is 5.32 Å². The fourth-order valence-electron chi connectivity index (χ4n) is 4.93. The lowest BCUT2D eigenvalue weighted by molar-refractivity contribution is -0.332. The van der Waals surface area contributed by atoms with Gasteiger partial charge in [0.25, 0.3) is 0 Å². The molecule has 3 aliphatic rings. The second-order valence-electron chi connectivity index (χ2n) is 10.6. The number of rotatable bonds is 15. The van der Waals surface area contributed by atoms with Crippen molar-refractivity contribution < 1.29 is 74.1 Å². The molecule has 0 aromatic rings. The number of hydrogen-bond donors (Lipinski definition) is 10. The first-order valence-electron chi connectivity index (χ1n) is 14.2. The zero-order valence-electron chi connectivity index (χ0n) is 23.3. The highest BCUT2D eigenvalue weighted by Gasteiger charge is 2.47. The molecule has 3 heterocycles. The number of nitrogens with one attached hydrogen (secondary N) is 1. The Morgan fingerprint density at radius 3 is 2.02 bits per heavy atom. The maximum atomic E-state index is 11.9. The van der Waals surface area contributed by atoms with E-state index < -0.39 is 93.1 Å². The maximum Gasteiger partial charge on any atom is 0.220 e. The van der Waals surface area contributed by atoms with Gasteiger partial charge in [0.15, 0.2) is 18.9 Å². The summed E-state index contributed by atoms with van der Waals surface area (Å²) in [5, 5.41) is 82.5. The summed E-state index contributed by atoms with van der Waals surface area (Å²) in [6, 6.07) is 0. The Bertz CT molecular complexity index is 795. The van der Waals surface area contributed by atoms with Gasteiger partial charge in [0.05, 0.1) is 38.6 Å². The van der Waals surface area contributed by atoms with Gasteiger partial charge in [0.2, 0.25) is 5.91 Å². The average molecular weight is 615 g/mol. The fraction of sp³-hybridized carbons (Fsp3) is 0.960. The lowest BCUT2D eigenvalue weighted by atomic mass is 9.98.